The number of carbonyl (C=O) groups excluding carboxylic acids is 9. The number of ketones is 3. The van der Waals surface area contributed by atoms with Crippen molar-refractivity contribution >= 4 is 81.8 Å². The van der Waals surface area contributed by atoms with Crippen LogP contribution in [-0.2, 0) is 43.1 Å². The van der Waals surface area contributed by atoms with Crippen LogP contribution in [0.1, 0.15) is 149 Å². The van der Waals surface area contributed by atoms with E-state index in [0.29, 0.717) is 18.3 Å². The van der Waals surface area contributed by atoms with Gasteiger partial charge in [-0.15, -0.1) is 0 Å². The van der Waals surface area contributed by atoms with Gasteiger partial charge in [0, 0.05) is 73.6 Å². The van der Waals surface area contributed by atoms with Crippen molar-refractivity contribution in [3.63, 3.8) is 0 Å². The monoisotopic (exact) mass is 1670 g/mol. The molecular weight excluding hydrogens is 1580 g/mol. The minimum atomic E-state index is -2.25. The third-order valence-electron chi connectivity index (χ3n) is 23.4. The average molecular weight is 1670 g/mol. The van der Waals surface area contributed by atoms with Gasteiger partial charge in [-0.05, 0) is 175 Å². The van der Waals surface area contributed by atoms with Crippen LogP contribution in [0.5, 0.6) is 57.5 Å². The first kappa shape index (κ1) is 85.6. The summed E-state index contributed by atoms with van der Waals surface area (Å²) in [5.41, 5.74) is 9.75. The minimum Gasteiger partial charge on any atom is -0.508 e. The normalized spacial score (nSPS) is 27.6. The van der Waals surface area contributed by atoms with Gasteiger partial charge in [0.05, 0.1) is 28.5 Å². The molecule has 4 saturated carbocycles. The fraction of sp³-hybridized carbons (Fsp3) is 0.464. The van der Waals surface area contributed by atoms with Crippen molar-refractivity contribution in [3.8, 4) is 68.6 Å². The maximum atomic E-state index is 16.6. The second-order valence-corrected chi connectivity index (χ2v) is 32.7. The van der Waals surface area contributed by atoms with Crippen LogP contribution in [0.3, 0.4) is 0 Å². The zero-order valence-electron chi connectivity index (χ0n) is 64.7. The number of anilines is 1. The molecule has 16 rings (SSSR count). The summed E-state index contributed by atoms with van der Waals surface area (Å²) in [6.07, 6.45) is -12.1. The number of aromatic hydroxyl groups is 3. The molecule has 630 valence electrons. The first-order valence-corrected chi connectivity index (χ1v) is 40.2. The predicted molar refractivity (Wildman–Crippen MR) is 423 cm³/mol. The van der Waals surface area contributed by atoms with Crippen molar-refractivity contribution in [1.82, 2.24) is 26.6 Å². The zero-order valence-corrected chi connectivity index (χ0v) is 66.2. The van der Waals surface area contributed by atoms with E-state index in [1.54, 1.807) is 6.92 Å². The van der Waals surface area contributed by atoms with E-state index in [2.05, 4.69) is 31.9 Å². The molecule has 1 saturated heterocycles. The summed E-state index contributed by atoms with van der Waals surface area (Å²) in [5, 5.41) is 120. The van der Waals surface area contributed by atoms with Crippen molar-refractivity contribution in [3.05, 3.63) is 135 Å². The molecule has 10 aliphatic rings. The fourth-order valence-corrected chi connectivity index (χ4v) is 18.2. The number of hydrogen-bond acceptors (Lipinski definition) is 26. The SMILES string of the molecule is CC[C@H](CC(C)C)C(=O)N[C@H]1C(=O)C[C@@H](CC(=O)NC(=O)Nc2ccc(OCCN)c(OCCN)c2)C(=O)N[C@H]2C(=O)C[C@H]3C(=O)N[C@H](C(=O)N[C@H](C(=O)CC4C5CC6CC(C5)CC4C6)c4cc(O)cc(O)c4-c4cc3ccc4O)[C@H](O)c3ccc(c(Cl)c3)Oc3cc2cc(c3O[C@@H]2O[C@H](CO)[C@@H](O)[C@H](O)[C@H]2O)Oc2ccc(cc2Cl)[C@H]1O. The number of aliphatic hydroxyl groups is 6. The van der Waals surface area contributed by atoms with Crippen LogP contribution in [-0.4, -0.2) is 175 Å². The highest BCUT2D eigenvalue weighted by molar-refractivity contribution is 6.32. The van der Waals surface area contributed by atoms with E-state index in [4.69, 9.17) is 63.1 Å². The van der Waals surface area contributed by atoms with E-state index in [1.165, 1.54) is 60.7 Å². The highest BCUT2D eigenvalue weighted by atomic mass is 35.5. The summed E-state index contributed by atoms with van der Waals surface area (Å²) in [6.45, 7) is 4.83. The van der Waals surface area contributed by atoms with Crippen LogP contribution in [0.15, 0.2) is 97.1 Å². The number of rotatable bonds is 20. The van der Waals surface area contributed by atoms with Gasteiger partial charge in [0.2, 0.25) is 41.6 Å². The largest absolute Gasteiger partial charge is 0.508 e. The first-order valence-electron chi connectivity index (χ1n) is 39.4. The van der Waals surface area contributed by atoms with E-state index in [-0.39, 0.29) is 135 Å². The molecule has 19 N–H and O–H groups in total. The molecule has 118 heavy (non-hydrogen) atoms. The van der Waals surface area contributed by atoms with E-state index >= 15 is 28.8 Å². The Balaban J connectivity index is 0.986. The van der Waals surface area contributed by atoms with Crippen LogP contribution in [0.4, 0.5) is 10.5 Å². The van der Waals surface area contributed by atoms with Crippen LogP contribution < -0.4 is 67.1 Å². The number of halogens is 2. The predicted octanol–water partition coefficient (Wildman–Crippen LogP) is 6.77. The Bertz CT molecular complexity index is 4830. The molecule has 7 amide bonds. The molecule has 0 unspecified atom stereocenters. The number of phenols is 3. The average Bonchev–Trinajstić information content (AvgIpc) is 0.755. The van der Waals surface area contributed by atoms with E-state index < -0.39 is 204 Å². The van der Waals surface area contributed by atoms with Crippen molar-refractivity contribution in [2.24, 2.45) is 58.8 Å². The molecule has 0 aromatic heterocycles. The second-order valence-electron chi connectivity index (χ2n) is 31.9. The molecule has 6 aromatic rings. The third-order valence-corrected chi connectivity index (χ3v) is 23.9. The summed E-state index contributed by atoms with van der Waals surface area (Å²) in [7, 11) is 0. The topological polar surface area (TPSA) is 515 Å². The number of nitrogens with one attached hydrogen (secondary N) is 6. The van der Waals surface area contributed by atoms with Gasteiger partial charge < -0.3 is 112 Å². The lowest BCUT2D eigenvalue weighted by Gasteiger charge is -2.54. The number of benzene rings is 6. The van der Waals surface area contributed by atoms with Crippen molar-refractivity contribution in [1.29, 1.82) is 0 Å². The first-order chi connectivity index (χ1) is 56.4. The van der Waals surface area contributed by atoms with Crippen molar-refractivity contribution in [2.75, 3.05) is 38.2 Å². The number of amides is 7. The molecule has 0 spiro atoms. The summed E-state index contributed by atoms with van der Waals surface area (Å²) in [5.74, 6) is -16.1. The van der Waals surface area contributed by atoms with Crippen LogP contribution in [0.2, 0.25) is 10.0 Å². The zero-order chi connectivity index (χ0) is 84.4. The van der Waals surface area contributed by atoms with Gasteiger partial charge in [-0.3, -0.25) is 43.7 Å². The molecule has 14 atom stereocenters. The highest BCUT2D eigenvalue weighted by Crippen LogP contribution is 2.58. The van der Waals surface area contributed by atoms with Crippen molar-refractivity contribution < 1.29 is 118 Å². The van der Waals surface area contributed by atoms with Gasteiger partial charge in [-0.25, -0.2) is 4.79 Å². The summed E-state index contributed by atoms with van der Waals surface area (Å²) >= 11 is 14.3. The Morgan fingerprint density at radius 3 is 1.89 bits per heavy atom. The number of Topliss-reactive ketones (excluding diaryl/α,β-unsaturated/α-hetero) is 3. The quantitative estimate of drug-likeness (QED) is 0.0375. The highest BCUT2D eigenvalue weighted by Gasteiger charge is 2.51. The number of ether oxygens (including phenoxy) is 6. The Morgan fingerprint density at radius 2 is 1.27 bits per heavy atom. The minimum absolute atomic E-state index is 0.0146. The molecule has 4 aliphatic carbocycles. The lowest BCUT2D eigenvalue weighted by Crippen LogP contribution is -2.60. The Hall–Kier alpha value is -10.2. The number of fused-ring (bicyclic) bond motifs is 15. The molecule has 6 heterocycles. The van der Waals surface area contributed by atoms with Crippen LogP contribution in [0, 0.1) is 47.3 Å². The fourth-order valence-electron chi connectivity index (χ4n) is 17.7. The standard InChI is InChI=1S/C84H96Cl2N8O24/c1-4-39(17-36(2)3)79(108)93-71-57(99)26-46(29-67(102)90-84(112)89-47-8-12-62(113-15-13-87)63(30-47)114-16-14-88)80(109)91-69-45-27-64(115-60-10-6-41(73(71)103)24-53(60)85)78(118-83-77(107)76(106)75(105)66(35-95)117-83)65(28-45)116-61-11-7-42(25-54(61)86)74(104)72-82(111)92-70(59(101)33-49-43-19-37-18-38(21-43)22-44(49)20-37)52-31-48(96)32-56(98)68(52)51-23-40(5-9-55(51)97)50(34-58(69)100)81(110)94-72/h5-12,23-25,27-28,30-32,36-39,43-44,46,49-50,66,69-77,83,95-98,103-107H,4,13-22,26,29,33-35,87-88H2,1-3H3,(H,91,109)(H,92,111)(H,93,108)(H,94,110)(H2,89,90,102,112)/t37?,38?,39-,43?,44?,46+,49?,50-,66-,69-,70+,71+,72+,73-,74-,75-,76+,77-,83+/m1/s1. The molecule has 6 aromatic carbocycles. The van der Waals surface area contributed by atoms with E-state index in [9.17, 15) is 60.3 Å². The third kappa shape index (κ3) is 18.6. The Morgan fingerprint density at radius 1 is 0.636 bits per heavy atom. The summed E-state index contributed by atoms with van der Waals surface area (Å²) < 4.78 is 37.0. The summed E-state index contributed by atoms with van der Waals surface area (Å²) in [4.78, 5) is 139. The molecule has 34 heteroatoms. The van der Waals surface area contributed by atoms with Crippen molar-refractivity contribution in [2.45, 2.75) is 164 Å². The molecule has 15 bridgehead atoms. The van der Waals surface area contributed by atoms with Gasteiger partial charge in [0.15, 0.2) is 40.3 Å². The lowest BCUT2D eigenvalue weighted by atomic mass is 9.51. The number of phenolic OH excluding ortho intramolecular Hbond substituents is 3. The van der Waals surface area contributed by atoms with Gasteiger partial charge in [-0.2, -0.15) is 0 Å². The van der Waals surface area contributed by atoms with Gasteiger partial charge in [-0.1, -0.05) is 62.2 Å². The number of nitrogens with two attached hydrogens (primary N) is 2. The van der Waals surface area contributed by atoms with E-state index in [0.717, 1.165) is 68.5 Å². The summed E-state index contributed by atoms with van der Waals surface area (Å²) in [6, 6.07) is 9.89. The Kier molecular flexibility index (Phi) is 26.5. The molecule has 6 aliphatic heterocycles. The molecule has 5 fully saturated rings. The second kappa shape index (κ2) is 36.6. The number of hydrogen-bond donors (Lipinski definition) is 17. The number of urea groups is 1. The molecule has 0 radical (unpaired) electrons. The maximum Gasteiger partial charge on any atom is 0.325 e. The number of carbonyl (C=O) groups is 9. The Labute approximate surface area is 687 Å². The smallest absolute Gasteiger partial charge is 0.325 e. The van der Waals surface area contributed by atoms with Gasteiger partial charge in [0.25, 0.3) is 0 Å². The van der Waals surface area contributed by atoms with Gasteiger partial charge >= 0.3 is 6.03 Å². The van der Waals surface area contributed by atoms with Crippen LogP contribution in [0.25, 0.3) is 11.1 Å². The molecular formula is C84H96Cl2N8O24. The maximum absolute atomic E-state index is 16.6. The lowest BCUT2D eigenvalue weighted by molar-refractivity contribution is -0.277. The molecule has 32 nitrogen and oxygen atoms in total. The number of imide groups is 1. The van der Waals surface area contributed by atoms with Gasteiger partial charge in [0.1, 0.15) is 103 Å². The van der Waals surface area contributed by atoms with E-state index in [1.807, 2.05) is 13.8 Å². The number of aliphatic hydroxyl groups excluding tert-OH is 6. The van der Waals surface area contributed by atoms with Crippen LogP contribution >= 0.6 is 23.2 Å².